The van der Waals surface area contributed by atoms with Crippen molar-refractivity contribution in [3.8, 4) is 0 Å². The van der Waals surface area contributed by atoms with Crippen molar-refractivity contribution in [2.45, 2.75) is 49.9 Å². The molecule has 0 radical (unpaired) electrons. The maximum absolute atomic E-state index is 11.7. The molecule has 4 atom stereocenters. The first-order valence-corrected chi connectivity index (χ1v) is 9.27. The fourth-order valence-corrected chi connectivity index (χ4v) is 4.43. The summed E-state index contributed by atoms with van der Waals surface area (Å²) in [6.07, 6.45) is 3.99. The van der Waals surface area contributed by atoms with Crippen LogP contribution in [-0.2, 0) is 9.84 Å². The second kappa shape index (κ2) is 6.27. The predicted octanol–water partition coefficient (Wildman–Crippen LogP) is 2.75. The Morgan fingerprint density at radius 1 is 1.20 bits per heavy atom. The average Bonchev–Trinajstić information content (AvgIpc) is 2.46. The highest BCUT2D eigenvalue weighted by Crippen LogP contribution is 2.35. The van der Waals surface area contributed by atoms with E-state index in [4.69, 9.17) is 0 Å². The van der Waals surface area contributed by atoms with Crippen molar-refractivity contribution in [2.24, 2.45) is 5.92 Å². The van der Waals surface area contributed by atoms with Crippen molar-refractivity contribution in [3.05, 3.63) is 35.9 Å². The molecule has 4 unspecified atom stereocenters. The SMILES string of the molecule is CC(c1ccccc1)C(O)C1CCCC(S(C)(=O)=O)C1. The maximum atomic E-state index is 11.7. The van der Waals surface area contributed by atoms with E-state index in [0.717, 1.165) is 24.8 Å². The van der Waals surface area contributed by atoms with Crippen LogP contribution in [0.2, 0.25) is 0 Å². The first kappa shape index (κ1) is 15.5. The molecule has 112 valence electrons. The molecule has 1 aliphatic carbocycles. The van der Waals surface area contributed by atoms with Gasteiger partial charge in [0.2, 0.25) is 0 Å². The molecule has 1 fully saturated rings. The fourth-order valence-electron chi connectivity index (χ4n) is 3.24. The third kappa shape index (κ3) is 3.61. The van der Waals surface area contributed by atoms with Gasteiger partial charge in [0.25, 0.3) is 0 Å². The van der Waals surface area contributed by atoms with Crippen LogP contribution in [0.1, 0.15) is 44.1 Å². The predicted molar refractivity (Wildman–Crippen MR) is 81.5 cm³/mol. The highest BCUT2D eigenvalue weighted by atomic mass is 32.2. The molecule has 1 aromatic rings. The minimum Gasteiger partial charge on any atom is -0.392 e. The molecule has 0 bridgehead atoms. The van der Waals surface area contributed by atoms with Crippen molar-refractivity contribution >= 4 is 9.84 Å². The van der Waals surface area contributed by atoms with Gasteiger partial charge in [0.05, 0.1) is 11.4 Å². The Kier molecular flexibility index (Phi) is 4.86. The number of hydrogen-bond acceptors (Lipinski definition) is 3. The summed E-state index contributed by atoms with van der Waals surface area (Å²) >= 11 is 0. The molecule has 0 heterocycles. The van der Waals surface area contributed by atoms with Crippen LogP contribution in [0.3, 0.4) is 0 Å². The third-order valence-corrected chi connectivity index (χ3v) is 6.23. The van der Waals surface area contributed by atoms with Gasteiger partial charge in [-0.1, -0.05) is 43.7 Å². The number of rotatable bonds is 4. The summed E-state index contributed by atoms with van der Waals surface area (Å²) in [7, 11) is -2.99. The van der Waals surface area contributed by atoms with Crippen molar-refractivity contribution in [1.82, 2.24) is 0 Å². The van der Waals surface area contributed by atoms with Gasteiger partial charge in [-0.2, -0.15) is 0 Å². The molecule has 0 spiro atoms. The van der Waals surface area contributed by atoms with Crippen LogP contribution in [-0.4, -0.2) is 31.1 Å². The van der Waals surface area contributed by atoms with Crippen LogP contribution in [0.4, 0.5) is 0 Å². The second-order valence-corrected chi connectivity index (χ2v) is 8.39. The third-order valence-electron chi connectivity index (χ3n) is 4.59. The van der Waals surface area contributed by atoms with Gasteiger partial charge in [-0.15, -0.1) is 0 Å². The Morgan fingerprint density at radius 2 is 1.85 bits per heavy atom. The zero-order chi connectivity index (χ0) is 14.8. The van der Waals surface area contributed by atoms with Crippen LogP contribution in [0.25, 0.3) is 0 Å². The fraction of sp³-hybridized carbons (Fsp3) is 0.625. The lowest BCUT2D eigenvalue weighted by atomic mass is 9.79. The number of hydrogen-bond donors (Lipinski definition) is 1. The van der Waals surface area contributed by atoms with Crippen LogP contribution < -0.4 is 0 Å². The molecule has 1 aliphatic rings. The van der Waals surface area contributed by atoms with E-state index >= 15 is 0 Å². The van der Waals surface area contributed by atoms with E-state index in [0.29, 0.717) is 6.42 Å². The van der Waals surface area contributed by atoms with Crippen molar-refractivity contribution in [1.29, 1.82) is 0 Å². The van der Waals surface area contributed by atoms with Gasteiger partial charge >= 0.3 is 0 Å². The molecule has 4 heteroatoms. The number of aliphatic hydroxyl groups is 1. The average molecular weight is 296 g/mol. The lowest BCUT2D eigenvalue weighted by Gasteiger charge is -2.34. The highest BCUT2D eigenvalue weighted by molar-refractivity contribution is 7.91. The number of sulfone groups is 1. The molecule has 0 aromatic heterocycles. The van der Waals surface area contributed by atoms with E-state index in [2.05, 4.69) is 0 Å². The van der Waals surface area contributed by atoms with E-state index in [1.807, 2.05) is 37.3 Å². The minimum absolute atomic E-state index is 0.0412. The van der Waals surface area contributed by atoms with E-state index in [1.165, 1.54) is 6.26 Å². The van der Waals surface area contributed by atoms with Gasteiger partial charge in [0.15, 0.2) is 0 Å². The van der Waals surface area contributed by atoms with Gasteiger partial charge in [-0.3, -0.25) is 0 Å². The Morgan fingerprint density at radius 3 is 2.45 bits per heavy atom. The van der Waals surface area contributed by atoms with Crippen molar-refractivity contribution in [2.75, 3.05) is 6.26 Å². The van der Waals surface area contributed by atoms with Gasteiger partial charge in [0, 0.05) is 12.2 Å². The first-order valence-electron chi connectivity index (χ1n) is 7.31. The van der Waals surface area contributed by atoms with Gasteiger partial charge in [-0.05, 0) is 30.7 Å². The Labute approximate surface area is 121 Å². The van der Waals surface area contributed by atoms with Crippen molar-refractivity contribution in [3.63, 3.8) is 0 Å². The van der Waals surface area contributed by atoms with Crippen LogP contribution in [0.15, 0.2) is 30.3 Å². The smallest absolute Gasteiger partial charge is 0.150 e. The summed E-state index contributed by atoms with van der Waals surface area (Å²) < 4.78 is 23.4. The Bertz CT molecular complexity index is 524. The monoisotopic (exact) mass is 296 g/mol. The maximum Gasteiger partial charge on any atom is 0.150 e. The zero-order valence-electron chi connectivity index (χ0n) is 12.2. The standard InChI is InChI=1S/C16H24O3S/c1-12(13-7-4-3-5-8-13)16(17)14-9-6-10-15(11-14)20(2,18)19/h3-5,7-8,12,14-17H,6,9-11H2,1-2H3. The molecule has 0 aliphatic heterocycles. The normalized spacial score (nSPS) is 26.9. The summed E-state index contributed by atoms with van der Waals surface area (Å²) in [5.74, 6) is 0.123. The lowest BCUT2D eigenvalue weighted by Crippen LogP contribution is -2.35. The van der Waals surface area contributed by atoms with E-state index in [9.17, 15) is 13.5 Å². The number of benzene rings is 1. The summed E-state index contributed by atoms with van der Waals surface area (Å²) in [5.41, 5.74) is 1.11. The molecule has 0 saturated heterocycles. The van der Waals surface area contributed by atoms with Crippen LogP contribution in [0, 0.1) is 5.92 Å². The molecule has 1 saturated carbocycles. The summed E-state index contributed by atoms with van der Waals surface area (Å²) in [5, 5.41) is 10.3. The first-order chi connectivity index (χ1) is 9.39. The lowest BCUT2D eigenvalue weighted by molar-refractivity contribution is 0.0659. The molecular formula is C16H24O3S. The van der Waals surface area contributed by atoms with E-state index in [1.54, 1.807) is 0 Å². The summed E-state index contributed by atoms with van der Waals surface area (Å²) in [4.78, 5) is 0. The molecule has 2 rings (SSSR count). The topological polar surface area (TPSA) is 54.4 Å². The summed E-state index contributed by atoms with van der Waals surface area (Å²) in [6, 6.07) is 9.94. The molecular weight excluding hydrogens is 272 g/mol. The molecule has 20 heavy (non-hydrogen) atoms. The molecule has 3 nitrogen and oxygen atoms in total. The minimum atomic E-state index is -2.99. The quantitative estimate of drug-likeness (QED) is 0.929. The van der Waals surface area contributed by atoms with E-state index in [-0.39, 0.29) is 17.1 Å². The second-order valence-electron chi connectivity index (χ2n) is 6.07. The van der Waals surface area contributed by atoms with E-state index < -0.39 is 15.9 Å². The largest absolute Gasteiger partial charge is 0.392 e. The van der Waals surface area contributed by atoms with Crippen LogP contribution in [0.5, 0.6) is 0 Å². The molecule has 0 amide bonds. The molecule has 1 N–H and O–H groups in total. The highest BCUT2D eigenvalue weighted by Gasteiger charge is 2.34. The van der Waals surface area contributed by atoms with Crippen LogP contribution >= 0.6 is 0 Å². The van der Waals surface area contributed by atoms with Crippen molar-refractivity contribution < 1.29 is 13.5 Å². The number of aliphatic hydroxyl groups excluding tert-OH is 1. The van der Waals surface area contributed by atoms with Gasteiger partial charge in [-0.25, -0.2) is 8.42 Å². The Hall–Kier alpha value is -0.870. The van der Waals surface area contributed by atoms with Gasteiger partial charge in [0.1, 0.15) is 9.84 Å². The van der Waals surface area contributed by atoms with Gasteiger partial charge < -0.3 is 5.11 Å². The molecule has 1 aromatic carbocycles. The summed E-state index contributed by atoms with van der Waals surface area (Å²) in [6.45, 7) is 2.02. The zero-order valence-corrected chi connectivity index (χ0v) is 13.0. The Balaban J connectivity index is 2.07.